The number of amides is 1. The molecule has 1 aliphatic heterocycles. The summed E-state index contributed by atoms with van der Waals surface area (Å²) in [5.74, 6) is 1.41. The zero-order valence-electron chi connectivity index (χ0n) is 13.9. The van der Waals surface area contributed by atoms with E-state index >= 15 is 0 Å². The Hall–Kier alpha value is -1.78. The Morgan fingerprint density at radius 2 is 2.28 bits per heavy atom. The van der Waals surface area contributed by atoms with E-state index in [9.17, 15) is 13.2 Å². The number of rotatable bonds is 7. The fraction of sp³-hybridized carbons (Fsp3) is 0.467. The third-order valence-electron chi connectivity index (χ3n) is 3.51. The highest BCUT2D eigenvalue weighted by Gasteiger charge is 2.35. The second-order valence-electron chi connectivity index (χ2n) is 5.69. The Balaban J connectivity index is 1.73. The third kappa shape index (κ3) is 4.44. The first-order valence-electron chi connectivity index (χ1n) is 7.81. The van der Waals surface area contributed by atoms with Crippen LogP contribution in [0.2, 0.25) is 0 Å². The predicted octanol–water partition coefficient (Wildman–Crippen LogP) is 2.37. The van der Waals surface area contributed by atoms with E-state index in [-0.39, 0.29) is 13.2 Å². The van der Waals surface area contributed by atoms with Crippen LogP contribution in [0.15, 0.2) is 23.1 Å². The van der Waals surface area contributed by atoms with E-state index in [4.69, 9.17) is 8.92 Å². The number of anilines is 1. The van der Waals surface area contributed by atoms with Crippen molar-refractivity contribution in [2.75, 3.05) is 30.1 Å². The molecular formula is C15H19N3O5S2. The number of fused-ring (bicyclic) bond motifs is 1. The second-order valence-corrected chi connectivity index (χ2v) is 8.51. The molecule has 1 aromatic carbocycles. The Kier molecular flexibility index (Phi) is 5.21. The molecule has 1 atom stereocenters. The van der Waals surface area contributed by atoms with E-state index in [1.807, 2.05) is 18.2 Å². The smallest absolute Gasteiger partial charge is 0.417 e. The first kappa shape index (κ1) is 18.0. The number of benzene rings is 1. The van der Waals surface area contributed by atoms with Crippen molar-refractivity contribution in [3.63, 3.8) is 0 Å². The molecule has 1 aromatic heterocycles. The molecule has 8 nitrogen and oxygen atoms in total. The van der Waals surface area contributed by atoms with Crippen LogP contribution in [0.25, 0.3) is 11.0 Å². The first-order chi connectivity index (χ1) is 11.9. The van der Waals surface area contributed by atoms with Gasteiger partial charge in [0, 0.05) is 4.90 Å². The molecule has 0 spiro atoms. The van der Waals surface area contributed by atoms with Gasteiger partial charge < -0.3 is 9.72 Å². The number of nitrogens with zero attached hydrogens (tertiary/aromatic N) is 2. The molecule has 0 bridgehead atoms. The molecular weight excluding hydrogens is 366 g/mol. The average Bonchev–Trinajstić information content (AvgIpc) is 3.12. The van der Waals surface area contributed by atoms with E-state index in [2.05, 4.69) is 16.9 Å². The predicted molar refractivity (Wildman–Crippen MR) is 95.5 cm³/mol. The molecule has 0 unspecified atom stereocenters. The number of thioether (sulfide) groups is 1. The van der Waals surface area contributed by atoms with Crippen LogP contribution in [0.4, 0.5) is 10.7 Å². The zero-order chi connectivity index (χ0) is 18.0. The molecule has 1 N–H and O–H groups in total. The molecule has 25 heavy (non-hydrogen) atoms. The van der Waals surface area contributed by atoms with Crippen LogP contribution in [-0.4, -0.2) is 55.7 Å². The summed E-state index contributed by atoms with van der Waals surface area (Å²) in [5.41, 5.74) is 1.58. The van der Waals surface area contributed by atoms with Crippen molar-refractivity contribution in [2.45, 2.75) is 24.3 Å². The standard InChI is InChI=1S/C15H19N3O5S2/c1-3-6-24-11-4-5-12-13(7-11)17-14(16-12)18-8-10(23-15(18)19)9-22-25(2,20)21/h4-5,7,10H,3,6,8-9H2,1-2H3,(H,16,17)/t10-/m1/s1. The van der Waals surface area contributed by atoms with Gasteiger partial charge in [0.05, 0.1) is 23.8 Å². The lowest BCUT2D eigenvalue weighted by Crippen LogP contribution is -2.27. The first-order valence-corrected chi connectivity index (χ1v) is 10.6. The summed E-state index contributed by atoms with van der Waals surface area (Å²) >= 11 is 1.76. The number of hydrogen-bond donors (Lipinski definition) is 1. The number of ether oxygens (including phenoxy) is 1. The van der Waals surface area contributed by atoms with Gasteiger partial charge >= 0.3 is 6.09 Å². The zero-order valence-corrected chi connectivity index (χ0v) is 15.5. The number of aromatic nitrogens is 2. The number of hydrogen-bond acceptors (Lipinski definition) is 7. The molecule has 1 aliphatic rings. The minimum atomic E-state index is -3.58. The molecule has 0 radical (unpaired) electrons. The van der Waals surface area contributed by atoms with Crippen molar-refractivity contribution in [2.24, 2.45) is 0 Å². The average molecular weight is 385 g/mol. The lowest BCUT2D eigenvalue weighted by Gasteiger charge is -2.08. The monoisotopic (exact) mass is 385 g/mol. The molecule has 136 valence electrons. The number of carbonyl (C=O) groups excluding carboxylic acids is 1. The quantitative estimate of drug-likeness (QED) is 0.577. The number of nitrogens with one attached hydrogen (secondary N) is 1. The van der Waals surface area contributed by atoms with Crippen LogP contribution in [0.3, 0.4) is 0 Å². The van der Waals surface area contributed by atoms with Gasteiger partial charge in [-0.25, -0.2) is 14.7 Å². The lowest BCUT2D eigenvalue weighted by atomic mass is 10.3. The largest absolute Gasteiger partial charge is 0.441 e. The number of aromatic amines is 1. The number of carbonyl (C=O) groups is 1. The molecule has 1 fully saturated rings. The van der Waals surface area contributed by atoms with Crippen molar-refractivity contribution >= 4 is 45.0 Å². The molecule has 0 saturated carbocycles. The Bertz CT molecular complexity index is 880. The number of cyclic esters (lactones) is 1. The maximum absolute atomic E-state index is 12.0. The Morgan fingerprint density at radius 3 is 3.00 bits per heavy atom. The van der Waals surface area contributed by atoms with Crippen LogP contribution in [-0.2, 0) is 19.0 Å². The maximum atomic E-state index is 12.0. The van der Waals surface area contributed by atoms with E-state index in [1.165, 1.54) is 4.90 Å². The lowest BCUT2D eigenvalue weighted by molar-refractivity contribution is 0.107. The van der Waals surface area contributed by atoms with E-state index < -0.39 is 22.3 Å². The molecule has 0 aliphatic carbocycles. The van der Waals surface area contributed by atoms with Crippen molar-refractivity contribution < 1.29 is 22.1 Å². The van der Waals surface area contributed by atoms with Gasteiger partial charge in [-0.2, -0.15) is 8.42 Å². The molecule has 10 heteroatoms. The number of H-pyrrole nitrogens is 1. The highest BCUT2D eigenvalue weighted by atomic mass is 32.2. The third-order valence-corrected chi connectivity index (χ3v) is 5.28. The normalized spacial score (nSPS) is 18.1. The summed E-state index contributed by atoms with van der Waals surface area (Å²) < 4.78 is 31.9. The van der Waals surface area contributed by atoms with Gasteiger partial charge in [0.15, 0.2) is 0 Å². The minimum absolute atomic E-state index is 0.172. The van der Waals surface area contributed by atoms with E-state index in [1.54, 1.807) is 11.8 Å². The van der Waals surface area contributed by atoms with Crippen LogP contribution >= 0.6 is 11.8 Å². The van der Waals surface area contributed by atoms with E-state index in [0.717, 1.165) is 34.4 Å². The fourth-order valence-electron chi connectivity index (χ4n) is 2.39. The van der Waals surface area contributed by atoms with Gasteiger partial charge in [0.25, 0.3) is 10.1 Å². The number of imidazole rings is 1. The van der Waals surface area contributed by atoms with Crippen molar-refractivity contribution in [3.8, 4) is 0 Å². The van der Waals surface area contributed by atoms with Crippen LogP contribution in [0, 0.1) is 0 Å². The highest BCUT2D eigenvalue weighted by Crippen LogP contribution is 2.26. The van der Waals surface area contributed by atoms with Crippen molar-refractivity contribution in [1.29, 1.82) is 0 Å². The Labute approximate surface area is 150 Å². The van der Waals surface area contributed by atoms with Gasteiger partial charge in [-0.3, -0.25) is 4.18 Å². The Morgan fingerprint density at radius 1 is 1.48 bits per heavy atom. The van der Waals surface area contributed by atoms with Gasteiger partial charge in [-0.1, -0.05) is 6.92 Å². The fourth-order valence-corrected chi connectivity index (χ4v) is 3.60. The van der Waals surface area contributed by atoms with Crippen LogP contribution in [0.5, 0.6) is 0 Å². The minimum Gasteiger partial charge on any atom is -0.441 e. The van der Waals surface area contributed by atoms with Crippen molar-refractivity contribution in [3.05, 3.63) is 18.2 Å². The molecule has 2 aromatic rings. The SMILES string of the molecule is CCCSc1ccc2nc(N3C[C@H](COS(C)(=O)=O)OC3=O)[nH]c2c1. The van der Waals surface area contributed by atoms with Crippen LogP contribution in [0.1, 0.15) is 13.3 Å². The molecule has 1 saturated heterocycles. The summed E-state index contributed by atoms with van der Waals surface area (Å²) in [5, 5.41) is 0. The second kappa shape index (κ2) is 7.22. The highest BCUT2D eigenvalue weighted by molar-refractivity contribution is 7.99. The summed E-state index contributed by atoms with van der Waals surface area (Å²) in [6, 6.07) is 5.90. The van der Waals surface area contributed by atoms with Gasteiger partial charge in [0.1, 0.15) is 12.7 Å². The van der Waals surface area contributed by atoms with E-state index in [0.29, 0.717) is 5.95 Å². The maximum Gasteiger partial charge on any atom is 0.417 e. The van der Waals surface area contributed by atoms with Crippen molar-refractivity contribution in [1.82, 2.24) is 9.97 Å². The summed E-state index contributed by atoms with van der Waals surface area (Å²) in [6.45, 7) is 2.09. The molecule has 2 heterocycles. The molecule has 1 amide bonds. The van der Waals surface area contributed by atoms with Gasteiger partial charge in [0.2, 0.25) is 5.95 Å². The molecule has 3 rings (SSSR count). The summed E-state index contributed by atoms with van der Waals surface area (Å²) in [7, 11) is -3.58. The van der Waals surface area contributed by atoms with Gasteiger partial charge in [-0.15, -0.1) is 11.8 Å². The summed E-state index contributed by atoms with van der Waals surface area (Å²) in [4.78, 5) is 22.0. The topological polar surface area (TPSA) is 102 Å². The van der Waals surface area contributed by atoms with Gasteiger partial charge in [-0.05, 0) is 30.4 Å². The van der Waals surface area contributed by atoms with Crippen LogP contribution < -0.4 is 4.90 Å². The summed E-state index contributed by atoms with van der Waals surface area (Å²) in [6.07, 6.45) is 0.801.